The number of furan rings is 1. The quantitative estimate of drug-likeness (QED) is 0.172. The fourth-order valence-corrected chi connectivity index (χ4v) is 7.13. The molecule has 0 atom stereocenters. The summed E-state index contributed by atoms with van der Waals surface area (Å²) in [6.07, 6.45) is 0. The molecule has 0 aliphatic heterocycles. The van der Waals surface area contributed by atoms with Crippen molar-refractivity contribution in [3.63, 3.8) is 0 Å². The van der Waals surface area contributed by atoms with E-state index < -0.39 is 7.14 Å². The molecule has 0 spiro atoms. The van der Waals surface area contributed by atoms with Crippen LogP contribution in [-0.2, 0) is 4.57 Å². The van der Waals surface area contributed by atoms with Crippen LogP contribution in [-0.4, -0.2) is 23.3 Å². The number of para-hydroxylation sites is 1. The lowest BCUT2D eigenvalue weighted by molar-refractivity contribution is 0.588. The van der Waals surface area contributed by atoms with E-state index in [1.54, 1.807) is 0 Å². The number of benzene rings is 6. The van der Waals surface area contributed by atoms with Crippen molar-refractivity contribution in [3.8, 4) is 56.2 Å². The molecule has 0 N–H and O–H groups in total. The molecule has 8 aromatic rings. The zero-order chi connectivity index (χ0) is 32.0. The van der Waals surface area contributed by atoms with Crippen molar-refractivity contribution in [3.05, 3.63) is 152 Å². The van der Waals surface area contributed by atoms with E-state index in [4.69, 9.17) is 14.4 Å². The molecule has 0 radical (unpaired) electrons. The van der Waals surface area contributed by atoms with Crippen LogP contribution in [0, 0.1) is 0 Å². The fourth-order valence-electron chi connectivity index (χ4n) is 6.23. The fraction of sp³-hybridized carbons (Fsp3) is 0.0476. The van der Waals surface area contributed by atoms with Gasteiger partial charge in [-0.2, -0.15) is 0 Å². The van der Waals surface area contributed by atoms with Crippen LogP contribution in [0.4, 0.5) is 0 Å². The van der Waals surface area contributed by atoms with Crippen LogP contribution in [0.3, 0.4) is 0 Å². The molecule has 6 aromatic carbocycles. The first-order valence-electron chi connectivity index (χ1n) is 15.6. The van der Waals surface area contributed by atoms with Gasteiger partial charge in [0, 0.05) is 38.3 Å². The van der Waals surface area contributed by atoms with Crippen molar-refractivity contribution < 1.29 is 8.98 Å². The van der Waals surface area contributed by atoms with E-state index in [0.717, 1.165) is 83.4 Å². The smallest absolute Gasteiger partial charge is 0.136 e. The average molecular weight is 627 g/mol. The van der Waals surface area contributed by atoms with E-state index in [2.05, 4.69) is 66.7 Å². The van der Waals surface area contributed by atoms with Crippen molar-refractivity contribution in [2.75, 3.05) is 13.3 Å². The first-order valence-corrected chi connectivity index (χ1v) is 18.2. The summed E-state index contributed by atoms with van der Waals surface area (Å²) in [7, 11) is -2.38. The van der Waals surface area contributed by atoms with Crippen molar-refractivity contribution in [2.45, 2.75) is 0 Å². The first kappa shape index (κ1) is 28.9. The van der Waals surface area contributed by atoms with Crippen LogP contribution in [0.5, 0.6) is 0 Å². The molecule has 0 aliphatic rings. The third kappa shape index (κ3) is 5.37. The molecule has 5 heteroatoms. The SMILES string of the molecule is CP(C)(=O)c1cccc(-c2ccc(-c3nc(-c4ccccc4)c(-c4cccc5oc6ccccc6c45)nc3-c3ccccc3)cc2)c1. The van der Waals surface area contributed by atoms with Gasteiger partial charge in [0.1, 0.15) is 18.3 Å². The van der Waals surface area contributed by atoms with Gasteiger partial charge < -0.3 is 8.98 Å². The highest BCUT2D eigenvalue weighted by molar-refractivity contribution is 7.70. The molecule has 226 valence electrons. The highest BCUT2D eigenvalue weighted by atomic mass is 31.2. The van der Waals surface area contributed by atoms with E-state index in [-0.39, 0.29) is 0 Å². The lowest BCUT2D eigenvalue weighted by Gasteiger charge is -2.17. The average Bonchev–Trinajstić information content (AvgIpc) is 3.51. The first-order chi connectivity index (χ1) is 22.9. The topological polar surface area (TPSA) is 56.0 Å². The summed E-state index contributed by atoms with van der Waals surface area (Å²) in [4.78, 5) is 10.9. The molecule has 2 aromatic heterocycles. The van der Waals surface area contributed by atoms with Gasteiger partial charge in [-0.3, -0.25) is 0 Å². The highest BCUT2D eigenvalue weighted by Gasteiger charge is 2.22. The second kappa shape index (κ2) is 11.7. The third-order valence-electron chi connectivity index (χ3n) is 8.61. The number of nitrogens with zero attached hydrogens (tertiary/aromatic N) is 2. The van der Waals surface area contributed by atoms with Crippen molar-refractivity contribution in [1.29, 1.82) is 0 Å². The van der Waals surface area contributed by atoms with E-state index in [9.17, 15) is 4.57 Å². The van der Waals surface area contributed by atoms with Crippen LogP contribution in [0.2, 0.25) is 0 Å². The molecule has 0 unspecified atom stereocenters. The maximum absolute atomic E-state index is 12.8. The van der Waals surface area contributed by atoms with E-state index >= 15 is 0 Å². The van der Waals surface area contributed by atoms with Gasteiger partial charge in [0.15, 0.2) is 0 Å². The number of aromatic nitrogens is 2. The summed E-state index contributed by atoms with van der Waals surface area (Å²) >= 11 is 0. The minimum Gasteiger partial charge on any atom is -0.456 e. The van der Waals surface area contributed by atoms with Gasteiger partial charge in [0.05, 0.1) is 22.8 Å². The Kier molecular flexibility index (Phi) is 7.16. The zero-order valence-electron chi connectivity index (χ0n) is 26.1. The van der Waals surface area contributed by atoms with Crippen LogP contribution < -0.4 is 5.30 Å². The van der Waals surface area contributed by atoms with Gasteiger partial charge >= 0.3 is 0 Å². The summed E-state index contributed by atoms with van der Waals surface area (Å²) in [5.74, 6) is 0. The standard InChI is InChI=1S/C42H31N2O2P/c1-47(2,45)33-18-11-17-32(27-33)28-23-25-31(26-24-28)40-39(29-13-5-3-6-14-29)44-42(41(43-40)30-15-7-4-8-16-30)35-20-12-22-37-38(35)34-19-9-10-21-36(34)46-37/h3-27H,1-2H3. The summed E-state index contributed by atoms with van der Waals surface area (Å²) in [6.45, 7) is 3.62. The Labute approximate surface area is 273 Å². The van der Waals surface area contributed by atoms with Crippen molar-refractivity contribution in [2.24, 2.45) is 0 Å². The number of rotatable bonds is 6. The Morgan fingerprint density at radius 2 is 0.979 bits per heavy atom. The number of hydrogen-bond acceptors (Lipinski definition) is 4. The predicted molar refractivity (Wildman–Crippen MR) is 196 cm³/mol. The molecular formula is C42H31N2O2P. The monoisotopic (exact) mass is 626 g/mol. The lowest BCUT2D eigenvalue weighted by atomic mass is 9.96. The number of fused-ring (bicyclic) bond motifs is 3. The maximum Gasteiger partial charge on any atom is 0.136 e. The Morgan fingerprint density at radius 1 is 0.468 bits per heavy atom. The second-order valence-corrected chi connectivity index (χ2v) is 15.3. The van der Waals surface area contributed by atoms with Crippen molar-refractivity contribution in [1.82, 2.24) is 9.97 Å². The molecule has 0 saturated heterocycles. The summed E-state index contributed by atoms with van der Waals surface area (Å²) in [5.41, 5.74) is 10.9. The van der Waals surface area contributed by atoms with E-state index in [0.29, 0.717) is 0 Å². The van der Waals surface area contributed by atoms with Gasteiger partial charge in [-0.05, 0) is 42.7 Å². The van der Waals surface area contributed by atoms with Gasteiger partial charge in [0.2, 0.25) is 0 Å². The molecule has 8 rings (SSSR count). The summed E-state index contributed by atoms with van der Waals surface area (Å²) in [6, 6.07) is 51.3. The summed E-state index contributed by atoms with van der Waals surface area (Å²) < 4.78 is 19.1. The van der Waals surface area contributed by atoms with Gasteiger partial charge in [-0.25, -0.2) is 9.97 Å². The molecule has 0 fully saturated rings. The van der Waals surface area contributed by atoms with Gasteiger partial charge in [-0.1, -0.05) is 133 Å². The molecule has 0 aliphatic carbocycles. The molecule has 0 amide bonds. The van der Waals surface area contributed by atoms with Crippen LogP contribution in [0.25, 0.3) is 78.1 Å². The van der Waals surface area contributed by atoms with Crippen molar-refractivity contribution >= 4 is 34.4 Å². The normalized spacial score (nSPS) is 11.7. The minimum absolute atomic E-state index is 0.799. The van der Waals surface area contributed by atoms with Crippen LogP contribution >= 0.6 is 7.14 Å². The van der Waals surface area contributed by atoms with E-state index in [1.807, 2.05) is 98.3 Å². The zero-order valence-corrected chi connectivity index (χ0v) is 27.0. The summed E-state index contributed by atoms with van der Waals surface area (Å²) in [5, 5.41) is 2.95. The third-order valence-corrected chi connectivity index (χ3v) is 10.1. The highest BCUT2D eigenvalue weighted by Crippen LogP contribution is 2.42. The minimum atomic E-state index is -2.38. The molecular weight excluding hydrogens is 595 g/mol. The van der Waals surface area contributed by atoms with Crippen LogP contribution in [0.15, 0.2) is 156 Å². The largest absolute Gasteiger partial charge is 0.456 e. The Morgan fingerprint density at radius 3 is 1.66 bits per heavy atom. The molecule has 47 heavy (non-hydrogen) atoms. The van der Waals surface area contributed by atoms with E-state index in [1.165, 1.54) is 0 Å². The van der Waals surface area contributed by atoms with Gasteiger partial charge in [0.25, 0.3) is 0 Å². The molecule has 0 bridgehead atoms. The number of hydrogen-bond donors (Lipinski definition) is 0. The lowest BCUT2D eigenvalue weighted by Crippen LogP contribution is -2.02. The Hall–Kier alpha value is -5.57. The maximum atomic E-state index is 12.8. The van der Waals surface area contributed by atoms with Gasteiger partial charge in [-0.15, -0.1) is 0 Å². The molecule has 4 nitrogen and oxygen atoms in total. The van der Waals surface area contributed by atoms with Crippen LogP contribution in [0.1, 0.15) is 0 Å². The second-order valence-electron chi connectivity index (χ2n) is 12.1. The Bertz CT molecular complexity index is 2440. The molecule has 2 heterocycles. The molecule has 0 saturated carbocycles. The Balaban J connectivity index is 1.37. The predicted octanol–water partition coefficient (Wildman–Crippen LogP) is 11.0.